The first-order chi connectivity index (χ1) is 23.6. The predicted octanol–water partition coefficient (Wildman–Crippen LogP) is 6.54. The lowest BCUT2D eigenvalue weighted by Crippen LogP contribution is -2.04. The number of nitrogens with zero attached hydrogens (tertiary/aromatic N) is 12. The fraction of sp³-hybridized carbons (Fsp3) is 0. The summed E-state index contributed by atoms with van der Waals surface area (Å²) in [5.74, 6) is 0.766. The third-order valence-electron chi connectivity index (χ3n) is 7.01. The van der Waals surface area contributed by atoms with Crippen LogP contribution < -0.4 is 0 Å². The first kappa shape index (κ1) is 29.1. The van der Waals surface area contributed by atoms with Gasteiger partial charge < -0.3 is 0 Å². The highest BCUT2D eigenvalue weighted by Gasteiger charge is 2.17. The molecule has 7 aromatic rings. The van der Waals surface area contributed by atoms with Gasteiger partial charge in [0, 0.05) is 18.6 Å². The standard InChI is InChI=1S/C36H18N12/c1-39-24-13-16-42-33(19-24)27-7-4-10-30(45-27)36-47-34(28-8-2-5-25(43-28)31-17-22(20-37)11-14-40-31)46-35(48-36)29-9-3-6-26(44-29)32-18-23(21-38)12-15-41-32/h2-19H. The van der Waals surface area contributed by atoms with Crippen molar-refractivity contribution in [2.24, 2.45) is 0 Å². The second kappa shape index (κ2) is 12.8. The van der Waals surface area contributed by atoms with Gasteiger partial charge in [-0.25, -0.2) is 34.7 Å². The quantitative estimate of drug-likeness (QED) is 0.186. The minimum absolute atomic E-state index is 0.255. The van der Waals surface area contributed by atoms with E-state index in [9.17, 15) is 10.5 Å². The molecule has 7 rings (SSSR count). The van der Waals surface area contributed by atoms with E-state index in [1.165, 1.54) is 0 Å². The van der Waals surface area contributed by atoms with Crippen LogP contribution >= 0.6 is 0 Å². The third kappa shape index (κ3) is 6.02. The van der Waals surface area contributed by atoms with Crippen LogP contribution in [0.2, 0.25) is 0 Å². The van der Waals surface area contributed by atoms with Crippen molar-refractivity contribution < 1.29 is 0 Å². The molecule has 0 spiro atoms. The van der Waals surface area contributed by atoms with Gasteiger partial charge in [0.05, 0.1) is 64.0 Å². The topological polar surface area (TPSA) is 168 Å². The monoisotopic (exact) mass is 618 g/mol. The van der Waals surface area contributed by atoms with Crippen LogP contribution in [0.3, 0.4) is 0 Å². The number of aromatic nitrogens is 9. The molecule has 7 heterocycles. The molecule has 0 bridgehead atoms. The second-order valence-corrected chi connectivity index (χ2v) is 10.1. The molecule has 0 fully saturated rings. The number of pyridine rings is 6. The van der Waals surface area contributed by atoms with E-state index in [2.05, 4.69) is 31.9 Å². The number of hydrogen-bond donors (Lipinski definition) is 0. The van der Waals surface area contributed by atoms with Crippen molar-refractivity contribution in [1.29, 1.82) is 10.5 Å². The van der Waals surface area contributed by atoms with Gasteiger partial charge in [-0.15, -0.1) is 0 Å². The SMILES string of the molecule is [C-]#[N+]c1ccnc(-c2cccc(-c3nc(-c4cccc(-c5cc(C#N)ccn5)n4)nc(-c4cccc(-c5cc(C#N)ccn5)n4)n3)n2)c1. The summed E-state index contributed by atoms with van der Waals surface area (Å²) < 4.78 is 0. The fourth-order valence-corrected chi connectivity index (χ4v) is 4.73. The molecule has 0 aromatic carbocycles. The first-order valence-electron chi connectivity index (χ1n) is 14.4. The van der Waals surface area contributed by atoms with Gasteiger partial charge in [-0.3, -0.25) is 15.0 Å². The summed E-state index contributed by atoms with van der Waals surface area (Å²) in [5.41, 5.74) is 5.84. The van der Waals surface area contributed by atoms with E-state index in [0.717, 1.165) is 0 Å². The molecule has 0 aliphatic heterocycles. The summed E-state index contributed by atoms with van der Waals surface area (Å²) in [5, 5.41) is 18.8. The largest absolute Gasteiger partial charge is 0.257 e. The molecule has 0 N–H and O–H groups in total. The van der Waals surface area contributed by atoms with Crippen LogP contribution in [0.15, 0.2) is 110 Å². The van der Waals surface area contributed by atoms with Crippen LogP contribution in [0, 0.1) is 29.2 Å². The molecule has 0 amide bonds. The third-order valence-corrected chi connectivity index (χ3v) is 7.01. The average molecular weight is 619 g/mol. The minimum atomic E-state index is 0.255. The van der Waals surface area contributed by atoms with Gasteiger partial charge in [-0.05, 0) is 72.8 Å². The van der Waals surface area contributed by atoms with Crippen molar-refractivity contribution in [2.45, 2.75) is 0 Å². The summed E-state index contributed by atoms with van der Waals surface area (Å²) in [6.07, 6.45) is 4.68. The molecule has 0 atom stereocenters. The highest BCUT2D eigenvalue weighted by atomic mass is 15.1. The first-order valence-corrected chi connectivity index (χ1v) is 14.4. The van der Waals surface area contributed by atoms with Crippen LogP contribution in [0.4, 0.5) is 5.69 Å². The number of hydrogen-bond acceptors (Lipinski definition) is 11. The lowest BCUT2D eigenvalue weighted by Gasteiger charge is -2.10. The summed E-state index contributed by atoms with van der Waals surface area (Å²) in [7, 11) is 0. The van der Waals surface area contributed by atoms with E-state index >= 15 is 0 Å². The Labute approximate surface area is 273 Å². The predicted molar refractivity (Wildman–Crippen MR) is 175 cm³/mol. The second-order valence-electron chi connectivity index (χ2n) is 10.1. The van der Waals surface area contributed by atoms with Crippen molar-refractivity contribution >= 4 is 5.69 Å². The minimum Gasteiger partial charge on any atom is -0.257 e. The lowest BCUT2D eigenvalue weighted by molar-refractivity contribution is 1.03. The van der Waals surface area contributed by atoms with Crippen molar-refractivity contribution in [1.82, 2.24) is 44.9 Å². The van der Waals surface area contributed by atoms with Crippen LogP contribution in [-0.4, -0.2) is 44.9 Å². The van der Waals surface area contributed by atoms with Gasteiger partial charge in [-0.2, -0.15) is 10.5 Å². The summed E-state index contributed by atoms with van der Waals surface area (Å²) >= 11 is 0. The Hall–Kier alpha value is -7.62. The lowest BCUT2D eigenvalue weighted by atomic mass is 10.1. The van der Waals surface area contributed by atoms with E-state index in [1.807, 2.05) is 18.2 Å². The molecular weight excluding hydrogens is 600 g/mol. The highest BCUT2D eigenvalue weighted by molar-refractivity contribution is 5.68. The van der Waals surface area contributed by atoms with Gasteiger partial charge in [0.15, 0.2) is 23.2 Å². The zero-order valence-electron chi connectivity index (χ0n) is 24.8. The Morgan fingerprint density at radius 2 is 0.812 bits per heavy atom. The maximum atomic E-state index is 9.38. The van der Waals surface area contributed by atoms with Gasteiger partial charge >= 0.3 is 0 Å². The summed E-state index contributed by atoms with van der Waals surface area (Å²) in [4.78, 5) is 45.3. The van der Waals surface area contributed by atoms with E-state index in [1.54, 1.807) is 91.4 Å². The molecule has 0 unspecified atom stereocenters. The fourth-order valence-electron chi connectivity index (χ4n) is 4.73. The smallest absolute Gasteiger partial charge is 0.190 e. The van der Waals surface area contributed by atoms with E-state index in [-0.39, 0.29) is 17.5 Å². The Kier molecular flexibility index (Phi) is 7.75. The molecule has 0 aliphatic carbocycles. The number of rotatable bonds is 6. The molecule has 0 saturated carbocycles. The molecule has 0 aliphatic rings. The van der Waals surface area contributed by atoms with E-state index in [0.29, 0.717) is 68.1 Å². The molecule has 0 radical (unpaired) electrons. The summed E-state index contributed by atoms with van der Waals surface area (Å²) in [6, 6.07) is 30.2. The van der Waals surface area contributed by atoms with Gasteiger partial charge in [0.25, 0.3) is 0 Å². The van der Waals surface area contributed by atoms with Gasteiger partial charge in [0.2, 0.25) is 0 Å². The van der Waals surface area contributed by atoms with Crippen molar-refractivity contribution in [3.05, 3.63) is 132 Å². The molecular formula is C36H18N12. The summed E-state index contributed by atoms with van der Waals surface area (Å²) in [6.45, 7) is 7.37. The van der Waals surface area contributed by atoms with Crippen molar-refractivity contribution in [2.75, 3.05) is 0 Å². The molecule has 0 saturated heterocycles. The van der Waals surface area contributed by atoms with Crippen LogP contribution in [0.1, 0.15) is 11.1 Å². The van der Waals surface area contributed by atoms with E-state index in [4.69, 9.17) is 36.5 Å². The molecule has 12 heteroatoms. The highest BCUT2D eigenvalue weighted by Crippen LogP contribution is 2.27. The van der Waals surface area contributed by atoms with Crippen LogP contribution in [-0.2, 0) is 0 Å². The normalized spacial score (nSPS) is 10.4. The zero-order chi connectivity index (χ0) is 32.9. The maximum absolute atomic E-state index is 9.38. The van der Waals surface area contributed by atoms with Crippen molar-refractivity contribution in [3.8, 4) is 80.9 Å². The molecule has 12 nitrogen and oxygen atoms in total. The van der Waals surface area contributed by atoms with Crippen LogP contribution in [0.25, 0.3) is 73.6 Å². The Balaban J connectivity index is 1.38. The van der Waals surface area contributed by atoms with Gasteiger partial charge in [-0.1, -0.05) is 18.2 Å². The molecule has 222 valence electrons. The molecule has 48 heavy (non-hydrogen) atoms. The maximum Gasteiger partial charge on any atom is 0.190 e. The Morgan fingerprint density at radius 1 is 0.438 bits per heavy atom. The van der Waals surface area contributed by atoms with Crippen LogP contribution in [0.5, 0.6) is 0 Å². The van der Waals surface area contributed by atoms with Crippen molar-refractivity contribution in [3.63, 3.8) is 0 Å². The Morgan fingerprint density at radius 3 is 1.21 bits per heavy atom. The van der Waals surface area contributed by atoms with E-state index < -0.39 is 0 Å². The molecule has 7 aromatic heterocycles. The van der Waals surface area contributed by atoms with Gasteiger partial charge in [0.1, 0.15) is 17.1 Å². The zero-order valence-corrected chi connectivity index (χ0v) is 24.8. The number of nitriles is 2. The average Bonchev–Trinajstić information content (AvgIpc) is 3.18. The Bertz CT molecular complexity index is 2190.